The number of hydrogen-bond donors (Lipinski definition) is 1. The monoisotopic (exact) mass is 156 g/mol. The zero-order valence-corrected chi connectivity index (χ0v) is 8.59. The lowest BCUT2D eigenvalue weighted by Gasteiger charge is -2.22. The minimum atomic E-state index is -0.0170. The van der Waals surface area contributed by atoms with Gasteiger partial charge in [-0.1, -0.05) is 12.5 Å². The van der Waals surface area contributed by atoms with Gasteiger partial charge in [0.15, 0.2) is 0 Å². The molecule has 0 bridgehead atoms. The molecule has 1 saturated carbocycles. The molecule has 10 heavy (non-hydrogen) atoms. The Balaban J connectivity index is 2.32. The van der Waals surface area contributed by atoms with Crippen LogP contribution in [0.3, 0.4) is 0 Å². The van der Waals surface area contributed by atoms with Crippen LogP contribution in [-0.2, 0) is 0 Å². The molecule has 0 aromatic heterocycles. The van der Waals surface area contributed by atoms with E-state index in [0.29, 0.717) is 5.92 Å². The molecule has 2 heteroatoms. The largest absolute Gasteiger partial charge is 0.393 e. The predicted molar refractivity (Wildman–Crippen MR) is 47.0 cm³/mol. The van der Waals surface area contributed by atoms with E-state index in [1.165, 1.54) is 12.8 Å². The first-order valence-electron chi connectivity index (χ1n) is 4.14. The lowest BCUT2D eigenvalue weighted by molar-refractivity contribution is 0.113. The van der Waals surface area contributed by atoms with Gasteiger partial charge in [0.05, 0.1) is 6.10 Å². The second-order valence-corrected chi connectivity index (χ2v) is 3.77. The lowest BCUT2D eigenvalue weighted by atomic mass is 9.87. The van der Waals surface area contributed by atoms with Gasteiger partial charge in [-0.05, 0) is 25.2 Å². The average Bonchev–Trinajstić information content (AvgIpc) is 1.88. The Morgan fingerprint density at radius 1 is 1.40 bits per heavy atom. The van der Waals surface area contributed by atoms with Crippen LogP contribution in [0.15, 0.2) is 11.8 Å². The van der Waals surface area contributed by atoms with Gasteiger partial charge >= 0.3 is 0 Å². The lowest BCUT2D eigenvalue weighted by Crippen LogP contribution is -2.17. The molecule has 0 aromatic rings. The molecule has 0 aromatic carbocycles. The van der Waals surface area contributed by atoms with E-state index in [1.807, 2.05) is 0 Å². The van der Waals surface area contributed by atoms with Gasteiger partial charge in [-0.2, -0.15) is 0 Å². The summed E-state index contributed by atoms with van der Waals surface area (Å²) < 4.78 is 0. The maximum absolute atomic E-state index is 9.28. The van der Waals surface area contributed by atoms with Gasteiger partial charge < -0.3 is 5.11 Å². The summed E-state index contributed by atoms with van der Waals surface area (Å²) in [5.41, 5.74) is 2.22. The van der Waals surface area contributed by atoms with Crippen molar-refractivity contribution in [3.8, 4) is 0 Å². The van der Waals surface area contributed by atoms with E-state index in [-0.39, 0.29) is 6.10 Å². The second kappa shape index (κ2) is 3.94. The van der Waals surface area contributed by atoms with Crippen LogP contribution in [0.2, 0.25) is 0 Å². The fourth-order valence-corrected chi connectivity index (χ4v) is 2.19. The van der Waals surface area contributed by atoms with E-state index in [1.54, 1.807) is 0 Å². The second-order valence-electron chi connectivity index (χ2n) is 3.11. The molecule has 1 aliphatic rings. The van der Waals surface area contributed by atoms with E-state index >= 15 is 0 Å². The van der Waals surface area contributed by atoms with Crippen LogP contribution in [0.1, 0.15) is 25.7 Å². The minimum Gasteiger partial charge on any atom is -0.393 e. The molecule has 0 radical (unpaired) electrons. The molecule has 1 rings (SSSR count). The number of hydrogen-bond acceptors (Lipinski definition) is 1. The van der Waals surface area contributed by atoms with Gasteiger partial charge in [0.25, 0.3) is 0 Å². The third-order valence-electron chi connectivity index (χ3n) is 2.15. The summed E-state index contributed by atoms with van der Waals surface area (Å²) in [7, 11) is 1.15. The summed E-state index contributed by atoms with van der Waals surface area (Å²) in [5.74, 6) is 0.682. The first-order chi connectivity index (χ1) is 4.83. The van der Waals surface area contributed by atoms with Gasteiger partial charge in [-0.15, -0.1) is 5.70 Å². The van der Waals surface area contributed by atoms with Crippen molar-refractivity contribution in [2.24, 2.45) is 5.92 Å². The maximum Gasteiger partial charge on any atom is 0.0545 e. The smallest absolute Gasteiger partial charge is 0.0545 e. The van der Waals surface area contributed by atoms with Crippen molar-refractivity contribution in [1.29, 1.82) is 0 Å². The van der Waals surface area contributed by atoms with Crippen LogP contribution < -0.4 is 0 Å². The SMILES string of the molecule is OC1CCCC(C=C[SiH3])C1. The van der Waals surface area contributed by atoms with Gasteiger partial charge in [0.2, 0.25) is 0 Å². The van der Waals surface area contributed by atoms with Crippen LogP contribution >= 0.6 is 0 Å². The van der Waals surface area contributed by atoms with Crippen molar-refractivity contribution in [1.82, 2.24) is 0 Å². The Hall–Kier alpha value is -0.0831. The zero-order chi connectivity index (χ0) is 7.40. The molecule has 1 nitrogen and oxygen atoms in total. The zero-order valence-electron chi connectivity index (χ0n) is 6.59. The van der Waals surface area contributed by atoms with E-state index in [4.69, 9.17) is 0 Å². The van der Waals surface area contributed by atoms with Crippen LogP contribution in [-0.4, -0.2) is 21.5 Å². The van der Waals surface area contributed by atoms with Crippen LogP contribution in [0, 0.1) is 5.92 Å². The highest BCUT2D eigenvalue weighted by molar-refractivity contribution is 6.16. The third kappa shape index (κ3) is 2.27. The van der Waals surface area contributed by atoms with Gasteiger partial charge in [-0.25, -0.2) is 0 Å². The Morgan fingerprint density at radius 3 is 2.80 bits per heavy atom. The Labute approximate surface area is 65.6 Å². The molecule has 58 valence electrons. The fourth-order valence-electron chi connectivity index (χ4n) is 1.65. The normalized spacial score (nSPS) is 35.3. The van der Waals surface area contributed by atoms with Crippen molar-refractivity contribution < 1.29 is 5.11 Å². The van der Waals surface area contributed by atoms with E-state index in [0.717, 1.165) is 23.1 Å². The number of aliphatic hydroxyl groups excluding tert-OH is 1. The Kier molecular flexibility index (Phi) is 3.16. The predicted octanol–water partition coefficient (Wildman–Crippen LogP) is 0.417. The average molecular weight is 156 g/mol. The van der Waals surface area contributed by atoms with Crippen LogP contribution in [0.4, 0.5) is 0 Å². The van der Waals surface area contributed by atoms with Crippen molar-refractivity contribution in [2.75, 3.05) is 0 Å². The van der Waals surface area contributed by atoms with Crippen molar-refractivity contribution in [3.63, 3.8) is 0 Å². The summed E-state index contributed by atoms with van der Waals surface area (Å²) in [4.78, 5) is 0. The molecule has 2 atom stereocenters. The fraction of sp³-hybridized carbons (Fsp3) is 0.750. The van der Waals surface area contributed by atoms with Crippen molar-refractivity contribution >= 4 is 10.2 Å². The maximum atomic E-state index is 9.28. The highest BCUT2D eigenvalue weighted by atomic mass is 28.1. The van der Waals surface area contributed by atoms with Gasteiger partial charge in [0.1, 0.15) is 0 Å². The summed E-state index contributed by atoms with van der Waals surface area (Å²) >= 11 is 0. The highest BCUT2D eigenvalue weighted by Crippen LogP contribution is 2.24. The molecule has 0 heterocycles. The first-order valence-corrected chi connectivity index (χ1v) is 5.29. The van der Waals surface area contributed by atoms with E-state index in [2.05, 4.69) is 11.8 Å². The molecule has 2 unspecified atom stereocenters. The molecule has 1 fully saturated rings. The molecule has 0 saturated heterocycles. The molecular formula is C8H16OSi. The molecule has 0 aliphatic heterocycles. The summed E-state index contributed by atoms with van der Waals surface area (Å²) in [6.45, 7) is 0. The number of aliphatic hydroxyl groups is 1. The molecule has 1 aliphatic carbocycles. The highest BCUT2D eigenvalue weighted by Gasteiger charge is 2.16. The summed E-state index contributed by atoms with van der Waals surface area (Å²) in [6.07, 6.45) is 6.77. The van der Waals surface area contributed by atoms with Gasteiger partial charge in [-0.3, -0.25) is 0 Å². The standard InChI is InChI=1S/C8H16OSi/c9-8-3-1-2-7(6-8)4-5-10/h4-5,7-9H,1-3,6H2,10H3. The summed E-state index contributed by atoms with van der Waals surface area (Å²) in [6, 6.07) is 0. The van der Waals surface area contributed by atoms with E-state index < -0.39 is 0 Å². The quantitative estimate of drug-likeness (QED) is 0.545. The van der Waals surface area contributed by atoms with E-state index in [9.17, 15) is 5.11 Å². The topological polar surface area (TPSA) is 20.2 Å². The minimum absolute atomic E-state index is 0.0170. The summed E-state index contributed by atoms with van der Waals surface area (Å²) in [5, 5.41) is 9.28. The number of allylic oxidation sites excluding steroid dienone is 1. The molecule has 0 spiro atoms. The first kappa shape index (κ1) is 8.02. The third-order valence-corrected chi connectivity index (χ3v) is 2.54. The number of rotatable bonds is 1. The Bertz CT molecular complexity index is 122. The van der Waals surface area contributed by atoms with Crippen molar-refractivity contribution in [3.05, 3.63) is 11.8 Å². The molecule has 1 N–H and O–H groups in total. The molecular weight excluding hydrogens is 140 g/mol. The van der Waals surface area contributed by atoms with Crippen molar-refractivity contribution in [2.45, 2.75) is 31.8 Å². The van der Waals surface area contributed by atoms with Crippen LogP contribution in [0.25, 0.3) is 0 Å². The Morgan fingerprint density at radius 2 is 2.20 bits per heavy atom. The molecule has 0 amide bonds. The van der Waals surface area contributed by atoms with Crippen LogP contribution in [0.5, 0.6) is 0 Å². The van der Waals surface area contributed by atoms with Gasteiger partial charge in [0, 0.05) is 10.2 Å².